The highest BCUT2D eigenvalue weighted by atomic mass is 79.9. The first kappa shape index (κ1) is 18.2. The van der Waals surface area contributed by atoms with E-state index in [0.717, 1.165) is 17.3 Å². The summed E-state index contributed by atoms with van der Waals surface area (Å²) < 4.78 is 1.05. The predicted molar refractivity (Wildman–Crippen MR) is 90.3 cm³/mol. The quantitative estimate of drug-likeness (QED) is 0.766. The van der Waals surface area contributed by atoms with Crippen molar-refractivity contribution in [3.05, 3.63) is 34.3 Å². The van der Waals surface area contributed by atoms with Gasteiger partial charge in [0.05, 0.1) is 6.61 Å². The molecule has 0 aliphatic carbocycles. The predicted octanol–water partition coefficient (Wildman–Crippen LogP) is 3.95. The van der Waals surface area contributed by atoms with Gasteiger partial charge in [0.15, 0.2) is 0 Å². The molecular weight excluding hydrogens is 330 g/mol. The van der Waals surface area contributed by atoms with E-state index in [9.17, 15) is 9.90 Å². The van der Waals surface area contributed by atoms with Gasteiger partial charge in [-0.3, -0.25) is 4.79 Å². The van der Waals surface area contributed by atoms with Gasteiger partial charge in [0.1, 0.15) is 0 Å². The van der Waals surface area contributed by atoms with Crippen LogP contribution in [0.1, 0.15) is 51.5 Å². The van der Waals surface area contributed by atoms with E-state index >= 15 is 0 Å². The molecule has 0 radical (unpaired) electrons. The molecule has 3 nitrogen and oxygen atoms in total. The zero-order valence-corrected chi connectivity index (χ0v) is 14.8. The van der Waals surface area contributed by atoms with Crippen molar-refractivity contribution in [1.29, 1.82) is 0 Å². The molecule has 0 aromatic heterocycles. The van der Waals surface area contributed by atoms with Gasteiger partial charge in [-0.1, -0.05) is 48.8 Å². The number of rotatable bonds is 8. The summed E-state index contributed by atoms with van der Waals surface area (Å²) in [7, 11) is 0. The molecule has 1 N–H and O–H groups in total. The molecule has 21 heavy (non-hydrogen) atoms. The van der Waals surface area contributed by atoms with E-state index in [1.54, 1.807) is 0 Å². The van der Waals surface area contributed by atoms with Gasteiger partial charge in [-0.15, -0.1) is 0 Å². The summed E-state index contributed by atoms with van der Waals surface area (Å²) in [5.41, 5.74) is 1.17. The third-order valence-electron chi connectivity index (χ3n) is 3.96. The van der Waals surface area contributed by atoms with Crippen LogP contribution in [0.2, 0.25) is 0 Å². The molecule has 4 heteroatoms. The van der Waals surface area contributed by atoms with Gasteiger partial charge in [0.2, 0.25) is 5.91 Å². The molecule has 0 spiro atoms. The van der Waals surface area contributed by atoms with Crippen molar-refractivity contribution in [2.75, 3.05) is 13.2 Å². The molecule has 1 amide bonds. The van der Waals surface area contributed by atoms with Crippen molar-refractivity contribution < 1.29 is 9.90 Å². The number of nitrogens with zero attached hydrogens (tertiary/aromatic N) is 1. The lowest BCUT2D eigenvalue weighted by Crippen LogP contribution is -2.42. The molecule has 1 unspecified atom stereocenters. The van der Waals surface area contributed by atoms with Crippen LogP contribution in [0.15, 0.2) is 28.7 Å². The maximum Gasteiger partial charge on any atom is 0.223 e. The van der Waals surface area contributed by atoms with Gasteiger partial charge in [-0.25, -0.2) is 0 Å². The van der Waals surface area contributed by atoms with E-state index in [-0.39, 0.29) is 24.5 Å². The highest BCUT2D eigenvalue weighted by molar-refractivity contribution is 9.10. The molecule has 0 saturated carbocycles. The molecular formula is C17H26BrNO2. The Morgan fingerprint density at radius 3 is 2.29 bits per heavy atom. The Labute approximate surface area is 136 Å². The molecule has 1 aromatic rings. The second-order valence-electron chi connectivity index (χ2n) is 5.44. The number of halogens is 1. The first-order valence-electron chi connectivity index (χ1n) is 7.69. The van der Waals surface area contributed by atoms with Crippen molar-refractivity contribution in [2.24, 2.45) is 0 Å². The van der Waals surface area contributed by atoms with Crippen molar-refractivity contribution >= 4 is 21.8 Å². The first-order valence-corrected chi connectivity index (χ1v) is 8.48. The Morgan fingerprint density at radius 2 is 1.81 bits per heavy atom. The van der Waals surface area contributed by atoms with Crippen LogP contribution in [0.3, 0.4) is 0 Å². The van der Waals surface area contributed by atoms with Crippen molar-refractivity contribution in [3.63, 3.8) is 0 Å². The molecule has 0 fully saturated rings. The minimum atomic E-state index is 0.0227. The number of carbonyl (C=O) groups excluding carboxylic acids is 1. The Hall–Kier alpha value is -0.870. The minimum Gasteiger partial charge on any atom is -0.395 e. The molecule has 118 valence electrons. The van der Waals surface area contributed by atoms with E-state index < -0.39 is 0 Å². The van der Waals surface area contributed by atoms with Gasteiger partial charge in [-0.05, 0) is 36.5 Å². The molecule has 0 aliphatic rings. The van der Waals surface area contributed by atoms with Gasteiger partial charge in [0, 0.05) is 23.5 Å². The fourth-order valence-corrected chi connectivity index (χ4v) is 2.90. The van der Waals surface area contributed by atoms with Crippen LogP contribution >= 0.6 is 15.9 Å². The Morgan fingerprint density at radius 1 is 1.24 bits per heavy atom. The normalized spacial score (nSPS) is 12.5. The highest BCUT2D eigenvalue weighted by Crippen LogP contribution is 2.23. The van der Waals surface area contributed by atoms with Crippen LogP contribution in [0, 0.1) is 0 Å². The third kappa shape index (κ3) is 5.44. The number of hydrogen-bond acceptors (Lipinski definition) is 2. The number of benzene rings is 1. The lowest BCUT2D eigenvalue weighted by Gasteiger charge is -2.31. The van der Waals surface area contributed by atoms with Crippen molar-refractivity contribution in [2.45, 2.75) is 52.0 Å². The Balaban J connectivity index is 2.73. The zero-order chi connectivity index (χ0) is 15.8. The fourth-order valence-electron chi connectivity index (χ4n) is 2.64. The summed E-state index contributed by atoms with van der Waals surface area (Å²) in [4.78, 5) is 14.4. The monoisotopic (exact) mass is 355 g/mol. The van der Waals surface area contributed by atoms with E-state index in [1.165, 1.54) is 5.56 Å². The van der Waals surface area contributed by atoms with E-state index in [2.05, 4.69) is 48.8 Å². The maximum absolute atomic E-state index is 12.5. The smallest absolute Gasteiger partial charge is 0.223 e. The number of carbonyl (C=O) groups is 1. The van der Waals surface area contributed by atoms with Crippen LogP contribution in [-0.2, 0) is 4.79 Å². The molecule has 1 aromatic carbocycles. The summed E-state index contributed by atoms with van der Waals surface area (Å²) >= 11 is 3.42. The number of aliphatic hydroxyl groups excluding tert-OH is 1. The van der Waals surface area contributed by atoms with Crippen LogP contribution < -0.4 is 0 Å². The molecule has 1 atom stereocenters. The zero-order valence-electron chi connectivity index (χ0n) is 13.2. The van der Waals surface area contributed by atoms with Gasteiger partial charge >= 0.3 is 0 Å². The highest BCUT2D eigenvalue weighted by Gasteiger charge is 2.22. The summed E-state index contributed by atoms with van der Waals surface area (Å²) in [5, 5.41) is 9.21. The average molecular weight is 356 g/mol. The van der Waals surface area contributed by atoms with Crippen LogP contribution in [0.25, 0.3) is 0 Å². The standard InChI is InChI=1S/C17H26BrNO2/c1-4-16(5-2)19(10-11-20)17(21)12-13(3)14-6-8-15(18)9-7-14/h6-9,13,16,20H,4-5,10-12H2,1-3H3. The Bertz CT molecular complexity index is 429. The van der Waals surface area contributed by atoms with Crippen molar-refractivity contribution in [3.8, 4) is 0 Å². The van der Waals surface area contributed by atoms with Crippen LogP contribution in [-0.4, -0.2) is 35.1 Å². The molecule has 0 heterocycles. The minimum absolute atomic E-state index is 0.0227. The SMILES string of the molecule is CCC(CC)N(CCO)C(=O)CC(C)c1ccc(Br)cc1. The van der Waals surface area contributed by atoms with Gasteiger partial charge in [0.25, 0.3) is 0 Å². The largest absolute Gasteiger partial charge is 0.395 e. The van der Waals surface area contributed by atoms with E-state index in [1.807, 2.05) is 17.0 Å². The molecule has 0 saturated heterocycles. The summed E-state index contributed by atoms with van der Waals surface area (Å²) in [6, 6.07) is 8.33. The second-order valence-corrected chi connectivity index (χ2v) is 6.35. The topological polar surface area (TPSA) is 40.5 Å². The average Bonchev–Trinajstić information content (AvgIpc) is 2.48. The maximum atomic E-state index is 12.5. The first-order chi connectivity index (χ1) is 10.0. The molecule has 0 aliphatic heterocycles. The molecule has 1 rings (SSSR count). The lowest BCUT2D eigenvalue weighted by molar-refractivity contribution is -0.134. The van der Waals surface area contributed by atoms with Gasteiger partial charge in [-0.2, -0.15) is 0 Å². The third-order valence-corrected chi connectivity index (χ3v) is 4.49. The number of hydrogen-bond donors (Lipinski definition) is 1. The summed E-state index contributed by atoms with van der Waals surface area (Å²) in [6.45, 7) is 6.70. The number of amides is 1. The molecule has 0 bridgehead atoms. The van der Waals surface area contributed by atoms with Crippen molar-refractivity contribution in [1.82, 2.24) is 4.90 Å². The van der Waals surface area contributed by atoms with Crippen LogP contribution in [0.5, 0.6) is 0 Å². The van der Waals surface area contributed by atoms with Gasteiger partial charge < -0.3 is 10.0 Å². The van der Waals surface area contributed by atoms with E-state index in [4.69, 9.17) is 0 Å². The van der Waals surface area contributed by atoms with E-state index in [0.29, 0.717) is 13.0 Å². The lowest BCUT2D eigenvalue weighted by atomic mass is 9.96. The summed E-state index contributed by atoms with van der Waals surface area (Å²) in [6.07, 6.45) is 2.34. The Kier molecular flexibility index (Phi) is 7.97. The fraction of sp³-hybridized carbons (Fsp3) is 0.588. The van der Waals surface area contributed by atoms with Crippen LogP contribution in [0.4, 0.5) is 0 Å². The second kappa shape index (κ2) is 9.21. The number of aliphatic hydroxyl groups is 1. The summed E-state index contributed by atoms with van der Waals surface area (Å²) in [5.74, 6) is 0.314.